The molecular weight excluding hydrogens is 402 g/mol. The van der Waals surface area contributed by atoms with Crippen LogP contribution in [0.4, 0.5) is 26.3 Å². The third-order valence-electron chi connectivity index (χ3n) is 3.92. The monoisotopic (exact) mass is 420 g/mol. The highest BCUT2D eigenvalue weighted by molar-refractivity contribution is 7.89. The van der Waals surface area contributed by atoms with E-state index in [1.54, 1.807) is 0 Å². The highest BCUT2D eigenvalue weighted by Gasteiger charge is 2.38. The zero-order chi connectivity index (χ0) is 20.3. The minimum Gasteiger partial charge on any atom is -0.379 e. The first-order valence-electron chi connectivity index (χ1n) is 7.99. The summed E-state index contributed by atoms with van der Waals surface area (Å²) in [7, 11) is -4.52. The molecule has 1 heterocycles. The lowest BCUT2D eigenvalue weighted by Crippen LogP contribution is -2.38. The molecule has 154 valence electrons. The Morgan fingerprint density at radius 3 is 1.96 bits per heavy atom. The van der Waals surface area contributed by atoms with Crippen molar-refractivity contribution in [3.63, 3.8) is 0 Å². The van der Waals surface area contributed by atoms with Crippen molar-refractivity contribution in [2.45, 2.75) is 23.7 Å². The van der Waals surface area contributed by atoms with Gasteiger partial charge in [-0.2, -0.15) is 26.3 Å². The molecule has 1 aliphatic heterocycles. The summed E-state index contributed by atoms with van der Waals surface area (Å²) < 4.78 is 109. The van der Waals surface area contributed by atoms with Gasteiger partial charge >= 0.3 is 12.4 Å². The van der Waals surface area contributed by atoms with Crippen LogP contribution in [0.5, 0.6) is 0 Å². The van der Waals surface area contributed by atoms with E-state index < -0.39 is 38.4 Å². The number of ether oxygens (including phenoxy) is 1. The second-order valence-corrected chi connectivity index (χ2v) is 7.71. The minimum absolute atomic E-state index is 0.114. The fraction of sp³-hybridized carbons (Fsp3) is 0.600. The number of halogens is 6. The first-order valence-corrected chi connectivity index (χ1v) is 9.47. The molecule has 0 saturated carbocycles. The second kappa shape index (κ2) is 8.33. The van der Waals surface area contributed by atoms with E-state index in [0.717, 1.165) is 0 Å². The van der Waals surface area contributed by atoms with Crippen LogP contribution in [0.25, 0.3) is 0 Å². The molecule has 27 heavy (non-hydrogen) atoms. The predicted octanol–water partition coefficient (Wildman–Crippen LogP) is 2.72. The van der Waals surface area contributed by atoms with Gasteiger partial charge in [0.05, 0.1) is 29.2 Å². The van der Waals surface area contributed by atoms with Gasteiger partial charge in [0.15, 0.2) is 0 Å². The van der Waals surface area contributed by atoms with Crippen LogP contribution in [0.2, 0.25) is 0 Å². The molecule has 2 rings (SSSR count). The normalized spacial score (nSPS) is 17.3. The first kappa shape index (κ1) is 21.9. The maximum absolute atomic E-state index is 12.8. The molecule has 1 aliphatic rings. The maximum atomic E-state index is 12.8. The van der Waals surface area contributed by atoms with E-state index in [2.05, 4.69) is 4.72 Å². The third-order valence-corrected chi connectivity index (χ3v) is 5.36. The van der Waals surface area contributed by atoms with Crippen molar-refractivity contribution in [2.24, 2.45) is 0 Å². The lowest BCUT2D eigenvalue weighted by Gasteiger charge is -2.26. The Hall–Kier alpha value is -1.37. The molecule has 0 atom stereocenters. The number of rotatable bonds is 6. The molecule has 0 unspecified atom stereocenters. The lowest BCUT2D eigenvalue weighted by atomic mass is 10.1. The zero-order valence-corrected chi connectivity index (χ0v) is 14.8. The Morgan fingerprint density at radius 1 is 0.963 bits per heavy atom. The van der Waals surface area contributed by atoms with Crippen LogP contribution < -0.4 is 4.72 Å². The number of benzene rings is 1. The Kier molecular flexibility index (Phi) is 6.77. The Labute approximate surface area is 152 Å². The second-order valence-electron chi connectivity index (χ2n) is 5.95. The minimum atomic E-state index is -5.11. The molecular formula is C15H18F6N2O3S. The van der Waals surface area contributed by atoms with Crippen molar-refractivity contribution in [3.8, 4) is 0 Å². The molecule has 0 aromatic heterocycles. The van der Waals surface area contributed by atoms with Gasteiger partial charge < -0.3 is 4.74 Å². The van der Waals surface area contributed by atoms with E-state index in [-0.39, 0.29) is 24.7 Å². The number of morpholine rings is 1. The topological polar surface area (TPSA) is 58.6 Å². The molecule has 12 heteroatoms. The Bertz CT molecular complexity index is 711. The van der Waals surface area contributed by atoms with E-state index in [1.807, 2.05) is 4.90 Å². The van der Waals surface area contributed by atoms with Crippen molar-refractivity contribution in [1.29, 1.82) is 0 Å². The summed E-state index contributed by atoms with van der Waals surface area (Å²) in [6, 6.07) is 0.274. The van der Waals surface area contributed by atoms with Crippen LogP contribution in [-0.4, -0.2) is 52.7 Å². The van der Waals surface area contributed by atoms with Gasteiger partial charge in [0.2, 0.25) is 10.0 Å². The molecule has 1 fully saturated rings. The summed E-state index contributed by atoms with van der Waals surface area (Å²) >= 11 is 0. The van der Waals surface area contributed by atoms with Crippen LogP contribution in [0.1, 0.15) is 17.5 Å². The Morgan fingerprint density at radius 2 is 1.48 bits per heavy atom. The number of hydrogen-bond acceptors (Lipinski definition) is 4. The molecule has 5 nitrogen and oxygen atoms in total. The number of sulfonamides is 1. The summed E-state index contributed by atoms with van der Waals surface area (Å²) in [6.07, 6.45) is -9.87. The molecule has 0 spiro atoms. The van der Waals surface area contributed by atoms with Crippen molar-refractivity contribution in [3.05, 3.63) is 29.3 Å². The molecule has 1 aromatic rings. The van der Waals surface area contributed by atoms with Gasteiger partial charge in [-0.1, -0.05) is 0 Å². The zero-order valence-electron chi connectivity index (χ0n) is 14.0. The van der Waals surface area contributed by atoms with Crippen molar-refractivity contribution >= 4 is 10.0 Å². The van der Waals surface area contributed by atoms with Crippen molar-refractivity contribution in [1.82, 2.24) is 9.62 Å². The van der Waals surface area contributed by atoms with E-state index in [1.165, 1.54) is 0 Å². The maximum Gasteiger partial charge on any atom is 0.416 e. The van der Waals surface area contributed by atoms with Crippen LogP contribution in [-0.2, 0) is 27.1 Å². The predicted molar refractivity (Wildman–Crippen MR) is 83.5 cm³/mol. The van der Waals surface area contributed by atoms with Gasteiger partial charge in [-0.25, -0.2) is 13.1 Å². The first-order chi connectivity index (χ1) is 12.4. The van der Waals surface area contributed by atoms with E-state index >= 15 is 0 Å². The van der Waals surface area contributed by atoms with Crippen molar-refractivity contribution in [2.75, 3.05) is 39.4 Å². The summed E-state index contributed by atoms with van der Waals surface area (Å²) in [5, 5.41) is 0. The SMILES string of the molecule is O=S(=O)(NCCCN1CCOCC1)c1cc(C(F)(F)F)cc(C(F)(F)F)c1. The van der Waals surface area contributed by atoms with E-state index in [9.17, 15) is 34.8 Å². The number of nitrogens with zero attached hydrogens (tertiary/aromatic N) is 1. The highest BCUT2D eigenvalue weighted by atomic mass is 32.2. The Balaban J connectivity index is 2.11. The summed E-state index contributed by atoms with van der Waals surface area (Å²) in [4.78, 5) is 0.945. The molecule has 0 radical (unpaired) electrons. The van der Waals surface area contributed by atoms with E-state index in [4.69, 9.17) is 4.74 Å². The largest absolute Gasteiger partial charge is 0.416 e. The molecule has 0 amide bonds. The number of hydrogen-bond donors (Lipinski definition) is 1. The standard InChI is InChI=1S/C15H18F6N2O3S/c16-14(17,18)11-8-12(15(19,20)21)10-13(9-11)27(24,25)22-2-1-3-23-4-6-26-7-5-23/h8-10,22H,1-7H2. The fourth-order valence-electron chi connectivity index (χ4n) is 2.50. The summed E-state index contributed by atoms with van der Waals surface area (Å²) in [6.45, 7) is 2.87. The average Bonchev–Trinajstić information content (AvgIpc) is 2.58. The van der Waals surface area contributed by atoms with E-state index in [0.29, 0.717) is 39.3 Å². The van der Waals surface area contributed by atoms with Gasteiger partial charge in [0.1, 0.15) is 0 Å². The molecule has 1 aromatic carbocycles. The number of alkyl halides is 6. The van der Waals surface area contributed by atoms with Gasteiger partial charge in [0, 0.05) is 19.6 Å². The summed E-state index contributed by atoms with van der Waals surface area (Å²) in [5.41, 5.74) is -3.35. The van der Waals surface area contributed by atoms with Crippen LogP contribution in [0.15, 0.2) is 23.1 Å². The van der Waals surface area contributed by atoms with Crippen LogP contribution >= 0.6 is 0 Å². The van der Waals surface area contributed by atoms with Crippen molar-refractivity contribution < 1.29 is 39.5 Å². The average molecular weight is 420 g/mol. The third kappa shape index (κ3) is 6.33. The van der Waals surface area contributed by atoms with Gasteiger partial charge in [-0.3, -0.25) is 4.90 Å². The molecule has 1 N–H and O–H groups in total. The lowest BCUT2D eigenvalue weighted by molar-refractivity contribution is -0.143. The van der Waals surface area contributed by atoms with Gasteiger partial charge in [0.25, 0.3) is 0 Å². The molecule has 0 bridgehead atoms. The molecule has 1 saturated heterocycles. The fourth-order valence-corrected chi connectivity index (χ4v) is 3.64. The highest BCUT2D eigenvalue weighted by Crippen LogP contribution is 2.37. The van der Waals surface area contributed by atoms with Gasteiger partial charge in [-0.15, -0.1) is 0 Å². The van der Waals surface area contributed by atoms with Crippen LogP contribution in [0, 0.1) is 0 Å². The number of nitrogens with one attached hydrogen (secondary N) is 1. The van der Waals surface area contributed by atoms with Gasteiger partial charge in [-0.05, 0) is 31.2 Å². The quantitative estimate of drug-likeness (QED) is 0.568. The summed E-state index contributed by atoms with van der Waals surface area (Å²) in [5.74, 6) is 0. The molecule has 0 aliphatic carbocycles. The van der Waals surface area contributed by atoms with Crippen LogP contribution in [0.3, 0.4) is 0 Å². The smallest absolute Gasteiger partial charge is 0.379 e.